The van der Waals surface area contributed by atoms with E-state index >= 15 is 0 Å². The van der Waals surface area contributed by atoms with Crippen LogP contribution in [-0.2, 0) is 14.4 Å². The van der Waals surface area contributed by atoms with Gasteiger partial charge < -0.3 is 0 Å². The fourth-order valence-electron chi connectivity index (χ4n) is 3.30. The van der Waals surface area contributed by atoms with E-state index in [2.05, 4.69) is 6.07 Å². The molecule has 0 spiro atoms. The molecule has 2 unspecified atom stereocenters. The second-order valence-corrected chi connectivity index (χ2v) is 9.57. The summed E-state index contributed by atoms with van der Waals surface area (Å²) in [5.74, 6) is 0. The average molecular weight is 387 g/mol. The number of hydrogen-bond acceptors (Lipinski definition) is 4. The molecule has 0 saturated carbocycles. The number of nitrogens with zero attached hydrogens (tertiary/aromatic N) is 1. The van der Waals surface area contributed by atoms with Gasteiger partial charge in [-0.25, -0.2) is 0 Å². The van der Waals surface area contributed by atoms with Crippen molar-refractivity contribution in [2.24, 2.45) is 0 Å². The lowest BCUT2D eigenvalue weighted by molar-refractivity contribution is -0.0180. The highest BCUT2D eigenvalue weighted by Crippen LogP contribution is 2.51. The van der Waals surface area contributed by atoms with Crippen LogP contribution in [0.3, 0.4) is 0 Å². The summed E-state index contributed by atoms with van der Waals surface area (Å²) >= 11 is 1.63. The van der Waals surface area contributed by atoms with Crippen LogP contribution in [0.2, 0.25) is 0 Å². The summed E-state index contributed by atoms with van der Waals surface area (Å²) in [7, 11) is -2.08. The SMILES string of the molecule is Cc1ccc(S(=O)(=O)O[N+]2(C)c3c(ccc4ccccc34)SC2C)cc1. The first-order chi connectivity index (χ1) is 12.3. The molecule has 0 aliphatic carbocycles. The van der Waals surface area contributed by atoms with Crippen molar-refractivity contribution in [1.82, 2.24) is 4.65 Å². The number of benzene rings is 3. The number of thioether (sulfide) groups is 1. The van der Waals surface area contributed by atoms with Crippen molar-refractivity contribution in [3.63, 3.8) is 0 Å². The van der Waals surface area contributed by atoms with Crippen LogP contribution in [0.25, 0.3) is 10.8 Å². The van der Waals surface area contributed by atoms with E-state index in [1.54, 1.807) is 36.0 Å². The Balaban J connectivity index is 1.85. The molecule has 0 radical (unpaired) electrons. The summed E-state index contributed by atoms with van der Waals surface area (Å²) in [5, 5.41) is 2.00. The number of hydroxylamine groups is 2. The van der Waals surface area contributed by atoms with Gasteiger partial charge in [-0.1, -0.05) is 58.0 Å². The van der Waals surface area contributed by atoms with Crippen molar-refractivity contribution in [3.05, 3.63) is 66.2 Å². The zero-order valence-corrected chi connectivity index (χ0v) is 16.5. The minimum absolute atomic E-state index is 0.0870. The molecule has 1 heterocycles. The fourth-order valence-corrected chi connectivity index (χ4v) is 5.79. The van der Waals surface area contributed by atoms with Gasteiger partial charge in [-0.3, -0.25) is 0 Å². The Kier molecular flexibility index (Phi) is 4.11. The minimum Gasteiger partial charge on any atom is -0.189 e. The van der Waals surface area contributed by atoms with Gasteiger partial charge in [0.1, 0.15) is 7.05 Å². The number of aryl methyl sites for hydroxylation is 1. The minimum atomic E-state index is -3.90. The average Bonchev–Trinajstić information content (AvgIpc) is 2.85. The maximum atomic E-state index is 12.9. The van der Waals surface area contributed by atoms with Gasteiger partial charge in [0.25, 0.3) is 0 Å². The van der Waals surface area contributed by atoms with Crippen molar-refractivity contribution in [2.75, 3.05) is 7.05 Å². The van der Waals surface area contributed by atoms with Crippen LogP contribution < -0.4 is 4.65 Å². The molecule has 6 heteroatoms. The third-order valence-electron chi connectivity index (χ3n) is 4.86. The Morgan fingerprint density at radius 1 is 1.00 bits per heavy atom. The van der Waals surface area contributed by atoms with E-state index in [-0.39, 0.29) is 14.9 Å². The van der Waals surface area contributed by atoms with Gasteiger partial charge in [-0.15, -0.1) is 4.65 Å². The molecule has 4 nitrogen and oxygen atoms in total. The van der Waals surface area contributed by atoms with Crippen molar-refractivity contribution >= 4 is 38.3 Å². The van der Waals surface area contributed by atoms with Crippen molar-refractivity contribution in [1.29, 1.82) is 0 Å². The summed E-state index contributed by atoms with van der Waals surface area (Å²) in [5.41, 5.74) is 1.90. The monoisotopic (exact) mass is 386 g/mol. The molecule has 1 aliphatic rings. The number of rotatable bonds is 3. The molecule has 0 saturated heterocycles. The second-order valence-electron chi connectivity index (χ2n) is 6.68. The lowest BCUT2D eigenvalue weighted by Gasteiger charge is -2.29. The molecule has 0 amide bonds. The molecule has 0 fully saturated rings. The second kappa shape index (κ2) is 6.09. The summed E-state index contributed by atoms with van der Waals surface area (Å²) in [6.07, 6.45) is 0. The number of fused-ring (bicyclic) bond motifs is 3. The highest BCUT2D eigenvalue weighted by atomic mass is 32.2. The molecule has 0 bridgehead atoms. The largest absolute Gasteiger partial charge is 0.343 e. The van der Waals surface area contributed by atoms with Gasteiger partial charge in [0.15, 0.2) is 11.1 Å². The maximum absolute atomic E-state index is 12.9. The zero-order chi connectivity index (χ0) is 18.5. The molecular formula is C20H20NO3S2+. The van der Waals surface area contributed by atoms with Gasteiger partial charge >= 0.3 is 10.1 Å². The van der Waals surface area contributed by atoms with Gasteiger partial charge in [0, 0.05) is 12.3 Å². The van der Waals surface area contributed by atoms with Crippen LogP contribution in [0.4, 0.5) is 5.69 Å². The quantitative estimate of drug-likeness (QED) is 0.603. The standard InChI is InChI=1S/C20H20NO3S2/c1-14-8-11-17(12-9-14)26(22,23)24-21(3)15(2)25-19-13-10-16-6-4-5-7-18(16)20(19)21/h4-13,15H,1-3H3/q+1. The third-order valence-corrected chi connectivity index (χ3v) is 7.54. The zero-order valence-electron chi connectivity index (χ0n) is 14.8. The van der Waals surface area contributed by atoms with E-state index in [0.29, 0.717) is 0 Å². The Labute approximate surface area is 158 Å². The van der Waals surface area contributed by atoms with Crippen LogP contribution in [0.15, 0.2) is 70.5 Å². The van der Waals surface area contributed by atoms with Crippen molar-refractivity contribution < 1.29 is 12.7 Å². The molecule has 3 aromatic carbocycles. The molecule has 4 rings (SSSR count). The van der Waals surface area contributed by atoms with Crippen LogP contribution in [0, 0.1) is 6.92 Å². The van der Waals surface area contributed by atoms with Crippen LogP contribution >= 0.6 is 11.8 Å². The predicted octanol–water partition coefficient (Wildman–Crippen LogP) is 4.86. The Hall–Kier alpha value is -1.86. The molecule has 1 aliphatic heterocycles. The Bertz CT molecular complexity index is 1090. The van der Waals surface area contributed by atoms with Crippen LogP contribution in [0.5, 0.6) is 0 Å². The van der Waals surface area contributed by atoms with Gasteiger partial charge in [-0.05, 0) is 36.6 Å². The predicted molar refractivity (Wildman–Crippen MR) is 106 cm³/mol. The highest BCUT2D eigenvalue weighted by molar-refractivity contribution is 8.00. The summed E-state index contributed by atoms with van der Waals surface area (Å²) < 4.78 is 31.6. The first-order valence-corrected chi connectivity index (χ1v) is 10.7. The van der Waals surface area contributed by atoms with E-state index in [0.717, 1.165) is 26.9 Å². The van der Waals surface area contributed by atoms with E-state index < -0.39 is 10.1 Å². The molecular weight excluding hydrogens is 366 g/mol. The smallest absolute Gasteiger partial charge is 0.189 e. The van der Waals surface area contributed by atoms with E-state index in [9.17, 15) is 8.42 Å². The molecule has 26 heavy (non-hydrogen) atoms. The lowest BCUT2D eigenvalue weighted by atomic mass is 10.1. The topological polar surface area (TPSA) is 43.4 Å². The molecule has 134 valence electrons. The normalized spacial score (nSPS) is 22.5. The first kappa shape index (κ1) is 17.5. The van der Waals surface area contributed by atoms with E-state index in [4.69, 9.17) is 4.28 Å². The highest BCUT2D eigenvalue weighted by Gasteiger charge is 2.49. The van der Waals surface area contributed by atoms with Crippen LogP contribution in [-0.4, -0.2) is 20.8 Å². The Morgan fingerprint density at radius 3 is 2.42 bits per heavy atom. The lowest BCUT2D eigenvalue weighted by Crippen LogP contribution is -2.49. The van der Waals surface area contributed by atoms with E-state index in [1.807, 2.05) is 51.2 Å². The van der Waals surface area contributed by atoms with Gasteiger partial charge in [0.2, 0.25) is 0 Å². The number of hydrogen-bond donors (Lipinski definition) is 0. The van der Waals surface area contributed by atoms with Crippen molar-refractivity contribution in [2.45, 2.75) is 29.0 Å². The molecule has 3 aromatic rings. The van der Waals surface area contributed by atoms with E-state index in [1.165, 1.54) is 0 Å². The summed E-state index contributed by atoms with van der Waals surface area (Å²) in [4.78, 5) is 1.23. The number of quaternary nitrogens is 1. The Morgan fingerprint density at radius 2 is 1.69 bits per heavy atom. The molecule has 0 aromatic heterocycles. The maximum Gasteiger partial charge on any atom is 0.343 e. The van der Waals surface area contributed by atoms with Gasteiger partial charge in [0.05, 0.1) is 9.79 Å². The summed E-state index contributed by atoms with van der Waals surface area (Å²) in [6, 6.07) is 18.9. The van der Waals surface area contributed by atoms with Gasteiger partial charge in [-0.2, -0.15) is 8.42 Å². The third kappa shape index (κ3) is 2.74. The van der Waals surface area contributed by atoms with Crippen LogP contribution in [0.1, 0.15) is 12.5 Å². The molecule has 0 N–H and O–H groups in total. The molecule has 2 atom stereocenters. The fraction of sp³-hybridized carbons (Fsp3) is 0.200. The first-order valence-electron chi connectivity index (χ1n) is 8.39. The summed E-state index contributed by atoms with van der Waals surface area (Å²) in [6.45, 7) is 3.91. The van der Waals surface area contributed by atoms with Crippen molar-refractivity contribution in [3.8, 4) is 0 Å².